The normalized spacial score (nSPS) is 27.6. The highest BCUT2D eigenvalue weighted by Gasteiger charge is 2.25. The van der Waals surface area contributed by atoms with Crippen LogP contribution in [0.5, 0.6) is 0 Å². The second-order valence-electron chi connectivity index (χ2n) is 5.90. The van der Waals surface area contributed by atoms with Gasteiger partial charge in [0, 0.05) is 12.1 Å². The van der Waals surface area contributed by atoms with Crippen LogP contribution in [0.4, 0.5) is 0 Å². The first-order valence-electron chi connectivity index (χ1n) is 7.57. The molecule has 108 valence electrons. The van der Waals surface area contributed by atoms with Gasteiger partial charge >= 0.3 is 0 Å². The number of ether oxygens (including phenoxy) is 1. The van der Waals surface area contributed by atoms with Crippen molar-refractivity contribution in [2.75, 3.05) is 6.54 Å². The lowest BCUT2D eigenvalue weighted by Crippen LogP contribution is -2.26. The molecular formula is C16H27NO2. The van der Waals surface area contributed by atoms with E-state index in [9.17, 15) is 0 Å². The highest BCUT2D eigenvalue weighted by atomic mass is 16.5. The van der Waals surface area contributed by atoms with Crippen LogP contribution in [-0.4, -0.2) is 12.6 Å². The van der Waals surface area contributed by atoms with Crippen LogP contribution in [0.2, 0.25) is 0 Å². The van der Waals surface area contributed by atoms with Gasteiger partial charge in [-0.15, -0.1) is 0 Å². The van der Waals surface area contributed by atoms with Gasteiger partial charge in [0.2, 0.25) is 0 Å². The van der Waals surface area contributed by atoms with Crippen LogP contribution >= 0.6 is 0 Å². The molecule has 2 rings (SSSR count). The van der Waals surface area contributed by atoms with Gasteiger partial charge in [-0.1, -0.05) is 20.8 Å². The van der Waals surface area contributed by atoms with Crippen molar-refractivity contribution < 1.29 is 9.15 Å². The lowest BCUT2D eigenvalue weighted by Gasteiger charge is -2.31. The van der Waals surface area contributed by atoms with Crippen molar-refractivity contribution in [1.82, 2.24) is 5.32 Å². The average Bonchev–Trinajstić information content (AvgIpc) is 2.86. The molecular weight excluding hydrogens is 238 g/mol. The third kappa shape index (κ3) is 4.36. The standard InChI is InChI=1S/C16H27NO2/c1-4-17-9-14-8-16(18-10-14)11-19-15-6-5-12(2)13(3)7-15/h8,10,12-13,15,17H,4-7,9,11H2,1-3H3. The maximum atomic E-state index is 5.99. The van der Waals surface area contributed by atoms with Gasteiger partial charge in [-0.05, 0) is 43.7 Å². The van der Waals surface area contributed by atoms with Gasteiger partial charge in [-0.3, -0.25) is 0 Å². The van der Waals surface area contributed by atoms with Crippen molar-refractivity contribution >= 4 is 0 Å². The number of furan rings is 1. The van der Waals surface area contributed by atoms with Crippen LogP contribution in [0.3, 0.4) is 0 Å². The molecule has 1 aliphatic carbocycles. The molecule has 3 nitrogen and oxygen atoms in total. The summed E-state index contributed by atoms with van der Waals surface area (Å²) in [6.07, 6.45) is 5.90. The van der Waals surface area contributed by atoms with Crippen molar-refractivity contribution in [1.29, 1.82) is 0 Å². The van der Waals surface area contributed by atoms with Crippen molar-refractivity contribution in [3.8, 4) is 0 Å². The number of nitrogens with one attached hydrogen (secondary N) is 1. The maximum Gasteiger partial charge on any atom is 0.129 e. The Morgan fingerprint density at radius 3 is 2.89 bits per heavy atom. The highest BCUT2D eigenvalue weighted by molar-refractivity contribution is 5.12. The van der Waals surface area contributed by atoms with E-state index in [0.29, 0.717) is 12.7 Å². The molecule has 1 N–H and O–H groups in total. The predicted molar refractivity (Wildman–Crippen MR) is 76.8 cm³/mol. The summed E-state index contributed by atoms with van der Waals surface area (Å²) < 4.78 is 11.5. The number of hydrogen-bond acceptors (Lipinski definition) is 3. The topological polar surface area (TPSA) is 34.4 Å². The summed E-state index contributed by atoms with van der Waals surface area (Å²) in [5.74, 6) is 2.56. The Balaban J connectivity index is 1.74. The molecule has 3 atom stereocenters. The minimum atomic E-state index is 0.411. The summed E-state index contributed by atoms with van der Waals surface area (Å²) in [7, 11) is 0. The SMILES string of the molecule is CCNCc1coc(COC2CCC(C)C(C)C2)c1. The smallest absolute Gasteiger partial charge is 0.129 e. The van der Waals surface area contributed by atoms with E-state index >= 15 is 0 Å². The zero-order valence-electron chi connectivity index (χ0n) is 12.4. The fraction of sp³-hybridized carbons (Fsp3) is 0.750. The van der Waals surface area contributed by atoms with Crippen molar-refractivity contribution in [2.45, 2.75) is 59.3 Å². The molecule has 0 spiro atoms. The van der Waals surface area contributed by atoms with Gasteiger partial charge in [0.15, 0.2) is 0 Å². The fourth-order valence-electron chi connectivity index (χ4n) is 2.71. The van der Waals surface area contributed by atoms with E-state index < -0.39 is 0 Å². The van der Waals surface area contributed by atoms with E-state index in [1.54, 1.807) is 0 Å². The molecule has 3 heteroatoms. The Morgan fingerprint density at radius 2 is 2.16 bits per heavy atom. The molecule has 0 aromatic carbocycles. The zero-order chi connectivity index (χ0) is 13.7. The fourth-order valence-corrected chi connectivity index (χ4v) is 2.71. The first-order chi connectivity index (χ1) is 9.19. The maximum absolute atomic E-state index is 5.99. The summed E-state index contributed by atoms with van der Waals surface area (Å²) in [6.45, 7) is 9.25. The quantitative estimate of drug-likeness (QED) is 0.851. The molecule has 0 bridgehead atoms. The summed E-state index contributed by atoms with van der Waals surface area (Å²) >= 11 is 0. The Bertz CT molecular complexity index is 375. The van der Waals surface area contributed by atoms with E-state index in [1.807, 2.05) is 6.26 Å². The molecule has 1 aliphatic rings. The Hall–Kier alpha value is -0.800. The third-order valence-corrected chi connectivity index (χ3v) is 4.30. The van der Waals surface area contributed by atoms with Crippen LogP contribution in [0, 0.1) is 11.8 Å². The summed E-state index contributed by atoms with van der Waals surface area (Å²) in [5, 5.41) is 3.29. The van der Waals surface area contributed by atoms with E-state index in [0.717, 1.165) is 30.7 Å². The molecule has 1 heterocycles. The molecule has 1 saturated carbocycles. The molecule has 3 unspecified atom stereocenters. The van der Waals surface area contributed by atoms with E-state index in [2.05, 4.69) is 32.2 Å². The zero-order valence-corrected chi connectivity index (χ0v) is 12.4. The summed E-state index contributed by atoms with van der Waals surface area (Å²) in [5.41, 5.74) is 1.20. The van der Waals surface area contributed by atoms with Gasteiger partial charge in [0.05, 0.1) is 12.4 Å². The van der Waals surface area contributed by atoms with Crippen molar-refractivity contribution in [3.63, 3.8) is 0 Å². The second-order valence-corrected chi connectivity index (χ2v) is 5.90. The lowest BCUT2D eigenvalue weighted by molar-refractivity contribution is -0.0139. The largest absolute Gasteiger partial charge is 0.467 e. The molecule has 19 heavy (non-hydrogen) atoms. The minimum absolute atomic E-state index is 0.411. The lowest BCUT2D eigenvalue weighted by atomic mass is 9.80. The van der Waals surface area contributed by atoms with Gasteiger partial charge < -0.3 is 14.5 Å². The van der Waals surface area contributed by atoms with Gasteiger partial charge in [-0.2, -0.15) is 0 Å². The number of hydrogen-bond donors (Lipinski definition) is 1. The van der Waals surface area contributed by atoms with E-state index in [4.69, 9.17) is 9.15 Å². The van der Waals surface area contributed by atoms with Crippen molar-refractivity contribution in [3.05, 3.63) is 23.7 Å². The van der Waals surface area contributed by atoms with Gasteiger partial charge in [0.1, 0.15) is 12.4 Å². The molecule has 0 saturated heterocycles. The Labute approximate surface area is 116 Å². The molecule has 0 radical (unpaired) electrons. The summed E-state index contributed by atoms with van der Waals surface area (Å²) in [4.78, 5) is 0. The number of rotatable bonds is 6. The Morgan fingerprint density at radius 1 is 1.32 bits per heavy atom. The summed E-state index contributed by atoms with van der Waals surface area (Å²) in [6, 6.07) is 2.09. The third-order valence-electron chi connectivity index (χ3n) is 4.30. The van der Waals surface area contributed by atoms with Crippen molar-refractivity contribution in [2.24, 2.45) is 11.8 Å². The molecule has 1 aromatic rings. The minimum Gasteiger partial charge on any atom is -0.467 e. The predicted octanol–water partition coefficient (Wildman–Crippen LogP) is 3.73. The highest BCUT2D eigenvalue weighted by Crippen LogP contribution is 2.31. The van der Waals surface area contributed by atoms with Crippen LogP contribution in [0.25, 0.3) is 0 Å². The van der Waals surface area contributed by atoms with Crippen LogP contribution in [-0.2, 0) is 17.9 Å². The molecule has 0 aliphatic heterocycles. The molecule has 0 amide bonds. The second kappa shape index (κ2) is 7.11. The monoisotopic (exact) mass is 265 g/mol. The van der Waals surface area contributed by atoms with Gasteiger partial charge in [0.25, 0.3) is 0 Å². The van der Waals surface area contributed by atoms with E-state index in [-0.39, 0.29) is 0 Å². The molecule has 1 fully saturated rings. The van der Waals surface area contributed by atoms with E-state index in [1.165, 1.54) is 24.8 Å². The van der Waals surface area contributed by atoms with Crippen LogP contribution < -0.4 is 5.32 Å². The molecule has 1 aromatic heterocycles. The Kier molecular flexibility index (Phi) is 5.46. The van der Waals surface area contributed by atoms with Gasteiger partial charge in [-0.25, -0.2) is 0 Å². The first kappa shape index (κ1) is 14.6. The van der Waals surface area contributed by atoms with Crippen LogP contribution in [0.15, 0.2) is 16.7 Å². The first-order valence-corrected chi connectivity index (χ1v) is 7.57. The average molecular weight is 265 g/mol. The van der Waals surface area contributed by atoms with Crippen LogP contribution in [0.1, 0.15) is 51.4 Å².